The number of aromatic nitrogens is 1. The summed E-state index contributed by atoms with van der Waals surface area (Å²) < 4.78 is 0.526. The quantitative estimate of drug-likeness (QED) is 0.639. The minimum atomic E-state index is -1.59. The minimum absolute atomic E-state index is 0.0728. The summed E-state index contributed by atoms with van der Waals surface area (Å²) in [5.74, 6) is -3.52. The molecule has 0 aliphatic heterocycles. The summed E-state index contributed by atoms with van der Waals surface area (Å²) in [5.41, 5.74) is 2.98. The number of nitrogens with two attached hydrogens (primary N) is 1. The molecule has 2 rings (SSSR count). The van der Waals surface area contributed by atoms with Crippen molar-refractivity contribution in [2.24, 2.45) is 0 Å². The fraction of sp³-hybridized carbons (Fsp3) is 0. The number of benzene rings is 1. The molecule has 0 aliphatic rings. The van der Waals surface area contributed by atoms with Crippen LogP contribution in [0, 0.1) is 0 Å². The number of anilines is 1. The molecule has 5 N–H and O–H groups in total. The lowest BCUT2D eigenvalue weighted by Gasteiger charge is -2.13. The van der Waals surface area contributed by atoms with Gasteiger partial charge in [-0.25, -0.2) is 9.59 Å². The molecule has 0 amide bonds. The van der Waals surface area contributed by atoms with Gasteiger partial charge in [-0.15, -0.1) is 0 Å². The number of halogens is 2. The number of hydrogen-bond acceptors (Lipinski definition) is 4. The summed E-state index contributed by atoms with van der Waals surface area (Å²) >= 11 is 9.21. The number of nitrogen functional groups attached to an aromatic ring is 1. The summed E-state index contributed by atoms with van der Waals surface area (Å²) in [4.78, 5) is 36.7. The van der Waals surface area contributed by atoms with Crippen molar-refractivity contribution in [3.8, 4) is 11.1 Å². The number of rotatable bonds is 3. The number of aromatic amines is 1. The van der Waals surface area contributed by atoms with Gasteiger partial charge in [0.2, 0.25) is 0 Å². The fourth-order valence-corrected chi connectivity index (χ4v) is 2.58. The Morgan fingerprint density at radius 3 is 2.32 bits per heavy atom. The van der Waals surface area contributed by atoms with Gasteiger partial charge in [-0.1, -0.05) is 27.5 Å². The van der Waals surface area contributed by atoms with Gasteiger partial charge in [-0.05, 0) is 18.2 Å². The number of H-pyrrole nitrogens is 1. The number of pyridine rings is 1. The van der Waals surface area contributed by atoms with Gasteiger partial charge in [-0.3, -0.25) is 4.79 Å². The van der Waals surface area contributed by atoms with E-state index in [4.69, 9.17) is 17.3 Å². The second-order valence-electron chi connectivity index (χ2n) is 4.23. The maximum Gasteiger partial charge on any atom is 0.342 e. The Morgan fingerprint density at radius 1 is 1.18 bits per heavy atom. The highest BCUT2D eigenvalue weighted by Crippen LogP contribution is 2.35. The minimum Gasteiger partial charge on any atom is -0.478 e. The van der Waals surface area contributed by atoms with Crippen LogP contribution < -0.4 is 11.3 Å². The van der Waals surface area contributed by atoms with Gasteiger partial charge in [0.15, 0.2) is 0 Å². The molecule has 0 fully saturated rings. The Balaban J connectivity index is 3.06. The van der Waals surface area contributed by atoms with Crippen LogP contribution in [-0.4, -0.2) is 27.1 Å². The second kappa shape index (κ2) is 5.82. The van der Waals surface area contributed by atoms with E-state index in [0.717, 1.165) is 0 Å². The van der Waals surface area contributed by atoms with Gasteiger partial charge < -0.3 is 20.9 Å². The molecule has 0 radical (unpaired) electrons. The van der Waals surface area contributed by atoms with E-state index >= 15 is 0 Å². The summed E-state index contributed by atoms with van der Waals surface area (Å²) in [6.07, 6.45) is 0. The number of carboxylic acid groups (broad SMARTS) is 2. The van der Waals surface area contributed by atoms with Gasteiger partial charge in [-0.2, -0.15) is 0 Å². The van der Waals surface area contributed by atoms with Gasteiger partial charge in [0.1, 0.15) is 16.9 Å². The zero-order valence-electron chi connectivity index (χ0n) is 10.7. The van der Waals surface area contributed by atoms with Crippen LogP contribution in [0.2, 0.25) is 5.02 Å². The molecule has 0 saturated heterocycles. The molecule has 0 saturated carbocycles. The fourth-order valence-electron chi connectivity index (χ4n) is 2.01. The van der Waals surface area contributed by atoms with E-state index in [1.54, 1.807) is 6.07 Å². The summed E-state index contributed by atoms with van der Waals surface area (Å²) in [7, 11) is 0. The molecule has 7 nitrogen and oxygen atoms in total. The zero-order chi connectivity index (χ0) is 16.6. The smallest absolute Gasteiger partial charge is 0.342 e. The number of aromatic carboxylic acids is 2. The molecule has 1 aromatic carbocycles. The van der Waals surface area contributed by atoms with Gasteiger partial charge in [0.05, 0.1) is 0 Å². The lowest BCUT2D eigenvalue weighted by Crippen LogP contribution is -2.24. The average Bonchev–Trinajstić information content (AvgIpc) is 2.39. The van der Waals surface area contributed by atoms with Crippen molar-refractivity contribution in [1.82, 2.24) is 4.98 Å². The van der Waals surface area contributed by atoms with Crippen LogP contribution in [0.15, 0.2) is 27.5 Å². The SMILES string of the molecule is Nc1[nH]c(=O)c(C(=O)O)c(-c2cc(Br)ccc2Cl)c1C(=O)O. The van der Waals surface area contributed by atoms with Crippen LogP contribution in [0.4, 0.5) is 5.82 Å². The van der Waals surface area contributed by atoms with Crippen LogP contribution in [0.1, 0.15) is 20.7 Å². The van der Waals surface area contributed by atoms with Gasteiger partial charge in [0.25, 0.3) is 5.56 Å². The van der Waals surface area contributed by atoms with Crippen LogP contribution in [0.25, 0.3) is 11.1 Å². The molecule has 22 heavy (non-hydrogen) atoms. The molecule has 0 spiro atoms. The predicted octanol–water partition coefficient (Wildman–Crippen LogP) is 2.44. The van der Waals surface area contributed by atoms with Crippen molar-refractivity contribution in [2.75, 3.05) is 5.73 Å². The first kappa shape index (κ1) is 16.1. The lowest BCUT2D eigenvalue weighted by molar-refractivity contribution is 0.0695. The van der Waals surface area contributed by atoms with Crippen molar-refractivity contribution in [2.45, 2.75) is 0 Å². The van der Waals surface area contributed by atoms with Gasteiger partial charge >= 0.3 is 11.9 Å². The monoisotopic (exact) mass is 386 g/mol. The molecule has 0 unspecified atom stereocenters. The van der Waals surface area contributed by atoms with E-state index in [0.29, 0.717) is 4.47 Å². The molecular weight excluding hydrogens is 380 g/mol. The Bertz CT molecular complexity index is 862. The number of hydrogen-bond donors (Lipinski definition) is 4. The van der Waals surface area contributed by atoms with Crippen molar-refractivity contribution in [1.29, 1.82) is 0 Å². The zero-order valence-corrected chi connectivity index (χ0v) is 13.0. The molecule has 0 atom stereocenters. The average molecular weight is 388 g/mol. The van der Waals surface area contributed by atoms with Gasteiger partial charge in [0, 0.05) is 20.6 Å². The normalized spacial score (nSPS) is 10.5. The highest BCUT2D eigenvalue weighted by atomic mass is 79.9. The third kappa shape index (κ3) is 2.70. The van der Waals surface area contributed by atoms with Crippen molar-refractivity contribution in [3.63, 3.8) is 0 Å². The molecular formula is C13H8BrClN2O5. The van der Waals surface area contributed by atoms with Crippen molar-refractivity contribution >= 4 is 45.3 Å². The largest absolute Gasteiger partial charge is 0.478 e. The number of nitrogens with one attached hydrogen (secondary N) is 1. The number of carboxylic acids is 2. The molecule has 1 aromatic heterocycles. The summed E-state index contributed by atoms with van der Waals surface area (Å²) in [6.45, 7) is 0. The van der Waals surface area contributed by atoms with Crippen molar-refractivity contribution in [3.05, 3.63) is 49.2 Å². The van der Waals surface area contributed by atoms with Crippen LogP contribution in [0.5, 0.6) is 0 Å². The highest BCUT2D eigenvalue weighted by Gasteiger charge is 2.27. The maximum absolute atomic E-state index is 11.9. The lowest BCUT2D eigenvalue weighted by atomic mass is 9.95. The first-order chi connectivity index (χ1) is 10.2. The molecule has 0 bridgehead atoms. The Kier molecular flexibility index (Phi) is 4.25. The van der Waals surface area contributed by atoms with E-state index in [-0.39, 0.29) is 16.1 Å². The third-order valence-corrected chi connectivity index (χ3v) is 3.69. The summed E-state index contributed by atoms with van der Waals surface area (Å²) in [6, 6.07) is 4.44. The Hall–Kier alpha value is -2.32. The first-order valence-corrected chi connectivity index (χ1v) is 6.89. The predicted molar refractivity (Wildman–Crippen MR) is 83.5 cm³/mol. The first-order valence-electron chi connectivity index (χ1n) is 5.71. The van der Waals surface area contributed by atoms with Crippen LogP contribution in [0.3, 0.4) is 0 Å². The third-order valence-electron chi connectivity index (χ3n) is 2.87. The standard InChI is InChI=1S/C13H8BrClN2O5/c14-4-1-2-6(15)5(3-4)7-8(12(19)20)10(16)17-11(18)9(7)13(21)22/h1-3H,(H,19,20)(H,21,22)(H3,16,17,18). The van der Waals surface area contributed by atoms with Crippen LogP contribution in [-0.2, 0) is 0 Å². The Labute approximate surface area is 136 Å². The molecule has 1 heterocycles. The highest BCUT2D eigenvalue weighted by molar-refractivity contribution is 9.10. The summed E-state index contributed by atoms with van der Waals surface area (Å²) in [5, 5.41) is 18.7. The van der Waals surface area contributed by atoms with E-state index in [1.807, 2.05) is 4.98 Å². The van der Waals surface area contributed by atoms with E-state index in [1.165, 1.54) is 12.1 Å². The molecule has 9 heteroatoms. The molecule has 0 aliphatic carbocycles. The van der Waals surface area contributed by atoms with Crippen LogP contribution >= 0.6 is 27.5 Å². The van der Waals surface area contributed by atoms with Crippen molar-refractivity contribution < 1.29 is 19.8 Å². The van der Waals surface area contributed by atoms with E-state index < -0.39 is 34.4 Å². The van der Waals surface area contributed by atoms with E-state index in [9.17, 15) is 24.6 Å². The topological polar surface area (TPSA) is 133 Å². The van der Waals surface area contributed by atoms with E-state index in [2.05, 4.69) is 15.9 Å². The second-order valence-corrected chi connectivity index (χ2v) is 5.55. The molecule has 114 valence electrons. The molecule has 2 aromatic rings. The maximum atomic E-state index is 11.9. The Morgan fingerprint density at radius 2 is 1.77 bits per heavy atom. The number of carbonyl (C=O) groups is 2.